The predicted octanol–water partition coefficient (Wildman–Crippen LogP) is 3.83. The van der Waals surface area contributed by atoms with E-state index >= 15 is 0 Å². The third-order valence-electron chi connectivity index (χ3n) is 4.64. The van der Waals surface area contributed by atoms with Crippen LogP contribution in [0.5, 0.6) is 0 Å². The Kier molecular flexibility index (Phi) is 5.90. The van der Waals surface area contributed by atoms with Crippen molar-refractivity contribution >= 4 is 17.7 Å². The Morgan fingerprint density at radius 2 is 2.19 bits per heavy atom. The maximum Gasteiger partial charge on any atom is 0.411 e. The Bertz CT molecular complexity index is 857. The Labute approximate surface area is 158 Å². The molecule has 7 nitrogen and oxygen atoms in total. The summed E-state index contributed by atoms with van der Waals surface area (Å²) in [5.74, 6) is 1.02. The second kappa shape index (κ2) is 8.53. The third-order valence-corrected chi connectivity index (χ3v) is 4.64. The molecule has 0 unspecified atom stereocenters. The molecule has 7 heteroatoms. The number of methoxy groups -OCH3 is 1. The van der Waals surface area contributed by atoms with E-state index in [-0.39, 0.29) is 5.91 Å². The van der Waals surface area contributed by atoms with Crippen LogP contribution >= 0.6 is 0 Å². The average molecular weight is 368 g/mol. The highest BCUT2D eigenvalue weighted by atomic mass is 16.5. The number of hydrogen-bond donors (Lipinski definition) is 3. The van der Waals surface area contributed by atoms with Crippen LogP contribution in [-0.2, 0) is 4.74 Å². The number of fused-ring (bicyclic) bond motifs is 4. The molecule has 2 heterocycles. The monoisotopic (exact) mass is 368 g/mol. The number of hydrogen-bond acceptors (Lipinski definition) is 4. The van der Waals surface area contributed by atoms with Crippen molar-refractivity contribution in [2.75, 3.05) is 19.0 Å². The highest BCUT2D eigenvalue weighted by molar-refractivity contribution is 6.02. The number of amides is 2. The number of benzene rings is 1. The largest absolute Gasteiger partial charge is 0.453 e. The fourth-order valence-corrected chi connectivity index (χ4v) is 3.11. The number of imidazole rings is 1. The summed E-state index contributed by atoms with van der Waals surface area (Å²) in [4.78, 5) is 32.1. The number of H-pyrrole nitrogens is 1. The summed E-state index contributed by atoms with van der Waals surface area (Å²) in [6.07, 6.45) is 8.05. The van der Waals surface area contributed by atoms with Crippen LogP contribution in [0.1, 0.15) is 48.3 Å². The van der Waals surface area contributed by atoms with Crippen molar-refractivity contribution in [1.29, 1.82) is 0 Å². The van der Waals surface area contributed by atoms with E-state index in [1.807, 2.05) is 0 Å². The van der Waals surface area contributed by atoms with Crippen LogP contribution in [0.15, 0.2) is 36.5 Å². The van der Waals surface area contributed by atoms with E-state index in [1.54, 1.807) is 24.4 Å². The van der Waals surface area contributed by atoms with Gasteiger partial charge in [0.1, 0.15) is 5.82 Å². The lowest BCUT2D eigenvalue weighted by Gasteiger charge is -2.12. The molecule has 0 saturated heterocycles. The number of allylic oxidation sites excluding steroid dienone is 1. The van der Waals surface area contributed by atoms with Crippen LogP contribution in [0.3, 0.4) is 0 Å². The molecule has 1 aromatic heterocycles. The van der Waals surface area contributed by atoms with Gasteiger partial charge >= 0.3 is 6.09 Å². The highest BCUT2D eigenvalue weighted by Gasteiger charge is 2.18. The smallest absolute Gasteiger partial charge is 0.411 e. The molecule has 0 spiro atoms. The lowest BCUT2D eigenvalue weighted by atomic mass is 10.0. The molecule has 1 atom stereocenters. The van der Waals surface area contributed by atoms with Crippen LogP contribution in [0.4, 0.5) is 10.5 Å². The molecular formula is C20H24N4O3. The Morgan fingerprint density at radius 1 is 1.33 bits per heavy atom. The number of ether oxygens (including phenoxy) is 1. The summed E-state index contributed by atoms with van der Waals surface area (Å²) >= 11 is 0. The minimum Gasteiger partial charge on any atom is -0.453 e. The van der Waals surface area contributed by atoms with E-state index in [0.29, 0.717) is 23.7 Å². The third kappa shape index (κ3) is 4.36. The van der Waals surface area contributed by atoms with Gasteiger partial charge in [-0.3, -0.25) is 10.1 Å². The quantitative estimate of drug-likeness (QED) is 0.702. The molecule has 27 heavy (non-hydrogen) atoms. The molecule has 142 valence electrons. The Morgan fingerprint density at radius 3 is 2.96 bits per heavy atom. The maximum absolute atomic E-state index is 12.7. The first kappa shape index (κ1) is 18.7. The molecule has 1 aliphatic heterocycles. The van der Waals surface area contributed by atoms with Crippen molar-refractivity contribution in [2.45, 2.75) is 32.1 Å². The standard InChI is InChI=1S/C20H24N4O3/c1-3-13-7-5-4-6-10-21-19(25)16-11-14(23-20(26)27-2)8-9-15(16)17-12-22-18(13)24-17/h4-5,8-9,11-13H,3,6-7,10H2,1-2H3,(H,21,25)(H,22,24)(H,23,26)/b5-4-/t13-/m0/s1. The second-order valence-electron chi connectivity index (χ2n) is 6.42. The Hall–Kier alpha value is -3.09. The van der Waals surface area contributed by atoms with Gasteiger partial charge in [0.25, 0.3) is 5.91 Å². The first-order valence-electron chi connectivity index (χ1n) is 9.09. The maximum atomic E-state index is 12.7. The first-order chi connectivity index (χ1) is 13.1. The van der Waals surface area contributed by atoms with Crippen LogP contribution in [0, 0.1) is 0 Å². The number of aromatic nitrogens is 2. The van der Waals surface area contributed by atoms with Gasteiger partial charge in [-0.25, -0.2) is 9.78 Å². The Balaban J connectivity index is 2.03. The van der Waals surface area contributed by atoms with Gasteiger partial charge in [0.15, 0.2) is 0 Å². The fraction of sp³-hybridized carbons (Fsp3) is 0.350. The number of nitrogens with one attached hydrogen (secondary N) is 3. The van der Waals surface area contributed by atoms with Crippen molar-refractivity contribution < 1.29 is 14.3 Å². The average Bonchev–Trinajstić information content (AvgIpc) is 3.16. The number of rotatable bonds is 2. The minimum atomic E-state index is -0.584. The van der Waals surface area contributed by atoms with Crippen molar-refractivity contribution in [3.63, 3.8) is 0 Å². The van der Waals surface area contributed by atoms with Crippen molar-refractivity contribution in [1.82, 2.24) is 15.3 Å². The van der Waals surface area contributed by atoms with Crippen molar-refractivity contribution in [3.05, 3.63) is 47.9 Å². The van der Waals surface area contributed by atoms with Crippen LogP contribution < -0.4 is 10.6 Å². The normalized spacial score (nSPS) is 18.1. The summed E-state index contributed by atoms with van der Waals surface area (Å²) in [5, 5.41) is 5.53. The zero-order chi connectivity index (χ0) is 19.2. The number of carbonyl (C=O) groups is 2. The van der Waals surface area contributed by atoms with Crippen LogP contribution in [0.2, 0.25) is 0 Å². The number of aromatic amines is 1. The van der Waals surface area contributed by atoms with Gasteiger partial charge < -0.3 is 15.0 Å². The number of anilines is 1. The number of carbonyl (C=O) groups excluding carboxylic acids is 2. The molecule has 0 aliphatic carbocycles. The van der Waals surface area contributed by atoms with Gasteiger partial charge in [-0.1, -0.05) is 19.1 Å². The van der Waals surface area contributed by atoms with E-state index in [0.717, 1.165) is 36.3 Å². The summed E-state index contributed by atoms with van der Waals surface area (Å²) in [6, 6.07) is 5.19. The molecule has 1 aliphatic rings. The van der Waals surface area contributed by atoms with Crippen LogP contribution in [-0.4, -0.2) is 35.6 Å². The van der Waals surface area contributed by atoms with Gasteiger partial charge in [-0.15, -0.1) is 0 Å². The number of nitrogens with zero attached hydrogens (tertiary/aromatic N) is 1. The summed E-state index contributed by atoms with van der Waals surface area (Å²) in [7, 11) is 1.29. The van der Waals surface area contributed by atoms with E-state index in [1.165, 1.54) is 7.11 Å². The van der Waals surface area contributed by atoms with Crippen molar-refractivity contribution in [2.24, 2.45) is 0 Å². The van der Waals surface area contributed by atoms with E-state index < -0.39 is 6.09 Å². The van der Waals surface area contributed by atoms with E-state index in [9.17, 15) is 9.59 Å². The zero-order valence-electron chi connectivity index (χ0n) is 15.5. The first-order valence-corrected chi connectivity index (χ1v) is 9.09. The van der Waals surface area contributed by atoms with E-state index in [2.05, 4.69) is 44.4 Å². The molecule has 0 saturated carbocycles. The van der Waals surface area contributed by atoms with E-state index in [4.69, 9.17) is 0 Å². The molecule has 2 bridgehead atoms. The molecular weight excluding hydrogens is 344 g/mol. The SMILES string of the molecule is CC[C@H]1C/C=C\CCNC(=O)c2cc(NC(=O)OC)ccc2-c2cnc1[nH]2. The summed E-state index contributed by atoms with van der Waals surface area (Å²) in [6.45, 7) is 2.69. The zero-order valence-corrected chi connectivity index (χ0v) is 15.5. The molecule has 3 N–H and O–H groups in total. The summed E-state index contributed by atoms with van der Waals surface area (Å²) in [5.41, 5.74) is 2.48. The fourth-order valence-electron chi connectivity index (χ4n) is 3.11. The molecule has 2 aromatic rings. The molecule has 2 amide bonds. The highest BCUT2D eigenvalue weighted by Crippen LogP contribution is 2.29. The van der Waals surface area contributed by atoms with Crippen LogP contribution in [0.25, 0.3) is 11.3 Å². The van der Waals surface area contributed by atoms with Crippen molar-refractivity contribution in [3.8, 4) is 11.3 Å². The van der Waals surface area contributed by atoms with Gasteiger partial charge in [-0.05, 0) is 37.5 Å². The molecule has 0 fully saturated rings. The predicted molar refractivity (Wildman–Crippen MR) is 104 cm³/mol. The minimum absolute atomic E-state index is 0.200. The second-order valence-corrected chi connectivity index (χ2v) is 6.42. The van der Waals surface area contributed by atoms with Gasteiger partial charge in [0.05, 0.1) is 24.6 Å². The lowest BCUT2D eigenvalue weighted by molar-refractivity contribution is 0.0955. The molecule has 1 aromatic carbocycles. The lowest BCUT2D eigenvalue weighted by Crippen LogP contribution is -2.25. The van der Waals surface area contributed by atoms with Gasteiger partial charge in [0.2, 0.25) is 0 Å². The molecule has 0 radical (unpaired) electrons. The van der Waals surface area contributed by atoms with Gasteiger partial charge in [0, 0.05) is 23.7 Å². The summed E-state index contributed by atoms with van der Waals surface area (Å²) < 4.78 is 4.62. The molecule has 3 rings (SSSR count). The topological polar surface area (TPSA) is 96.1 Å². The van der Waals surface area contributed by atoms with Gasteiger partial charge in [-0.2, -0.15) is 0 Å².